The molecule has 0 aliphatic heterocycles. The Kier molecular flexibility index (Phi) is 6.28. The Balaban J connectivity index is 2.67. The first-order valence-electron chi connectivity index (χ1n) is 7.18. The fourth-order valence-electron chi connectivity index (χ4n) is 2.82. The van der Waals surface area contributed by atoms with Crippen LogP contribution in [-0.4, -0.2) is 46.7 Å². The molecular formula is C14H25NO4. The third kappa shape index (κ3) is 4.20. The topological polar surface area (TPSA) is 77.8 Å². The van der Waals surface area contributed by atoms with Crippen molar-refractivity contribution in [3.63, 3.8) is 0 Å². The SMILES string of the molecule is CCN(CCCO)C(=O)CC1(C(=O)O)CCCCC1. The Morgan fingerprint density at radius 3 is 2.32 bits per heavy atom. The van der Waals surface area contributed by atoms with Crippen molar-refractivity contribution in [2.45, 2.75) is 51.9 Å². The van der Waals surface area contributed by atoms with Gasteiger partial charge < -0.3 is 15.1 Å². The molecule has 0 atom stereocenters. The zero-order valence-corrected chi connectivity index (χ0v) is 11.7. The van der Waals surface area contributed by atoms with Gasteiger partial charge in [0.25, 0.3) is 0 Å². The molecule has 1 fully saturated rings. The number of carboxylic acids is 1. The van der Waals surface area contributed by atoms with E-state index in [4.69, 9.17) is 5.11 Å². The van der Waals surface area contributed by atoms with Gasteiger partial charge in [-0.15, -0.1) is 0 Å². The van der Waals surface area contributed by atoms with Crippen LogP contribution in [-0.2, 0) is 9.59 Å². The molecule has 1 aliphatic carbocycles. The van der Waals surface area contributed by atoms with Gasteiger partial charge in [-0.1, -0.05) is 19.3 Å². The van der Waals surface area contributed by atoms with Crippen molar-refractivity contribution in [2.75, 3.05) is 19.7 Å². The number of carbonyl (C=O) groups is 2. The predicted molar refractivity (Wildman–Crippen MR) is 71.7 cm³/mol. The summed E-state index contributed by atoms with van der Waals surface area (Å²) in [6.07, 6.45) is 4.69. The van der Waals surface area contributed by atoms with E-state index < -0.39 is 11.4 Å². The summed E-state index contributed by atoms with van der Waals surface area (Å²) in [5.41, 5.74) is -0.859. The molecule has 1 amide bonds. The minimum Gasteiger partial charge on any atom is -0.481 e. The second-order valence-electron chi connectivity index (χ2n) is 5.37. The molecule has 1 saturated carbocycles. The number of amides is 1. The fraction of sp³-hybridized carbons (Fsp3) is 0.857. The van der Waals surface area contributed by atoms with E-state index in [2.05, 4.69) is 0 Å². The van der Waals surface area contributed by atoms with E-state index in [-0.39, 0.29) is 18.9 Å². The van der Waals surface area contributed by atoms with Crippen LogP contribution in [0.15, 0.2) is 0 Å². The summed E-state index contributed by atoms with van der Waals surface area (Å²) in [6, 6.07) is 0. The van der Waals surface area contributed by atoms with Gasteiger partial charge in [0.2, 0.25) is 5.91 Å². The Morgan fingerprint density at radius 2 is 1.84 bits per heavy atom. The largest absolute Gasteiger partial charge is 0.481 e. The van der Waals surface area contributed by atoms with Gasteiger partial charge in [-0.3, -0.25) is 9.59 Å². The maximum absolute atomic E-state index is 12.2. The van der Waals surface area contributed by atoms with Crippen LogP contribution in [0.4, 0.5) is 0 Å². The van der Waals surface area contributed by atoms with Crippen molar-refractivity contribution < 1.29 is 19.8 Å². The Labute approximate surface area is 114 Å². The molecule has 1 rings (SSSR count). The van der Waals surface area contributed by atoms with Crippen LogP contribution in [0.1, 0.15) is 51.9 Å². The molecule has 0 heterocycles. The molecule has 110 valence electrons. The molecule has 0 unspecified atom stereocenters. The summed E-state index contributed by atoms with van der Waals surface area (Å²) >= 11 is 0. The third-order valence-corrected chi connectivity index (χ3v) is 4.07. The quantitative estimate of drug-likeness (QED) is 0.738. The van der Waals surface area contributed by atoms with Crippen molar-refractivity contribution in [3.05, 3.63) is 0 Å². The predicted octanol–water partition coefficient (Wildman–Crippen LogP) is 1.64. The van der Waals surface area contributed by atoms with Gasteiger partial charge in [-0.05, 0) is 26.2 Å². The van der Waals surface area contributed by atoms with Crippen molar-refractivity contribution in [3.8, 4) is 0 Å². The number of nitrogens with zero attached hydrogens (tertiary/aromatic N) is 1. The van der Waals surface area contributed by atoms with E-state index in [1.807, 2.05) is 6.92 Å². The van der Waals surface area contributed by atoms with Gasteiger partial charge in [0.15, 0.2) is 0 Å². The number of hydrogen-bond donors (Lipinski definition) is 2. The molecule has 0 radical (unpaired) electrons. The first-order valence-corrected chi connectivity index (χ1v) is 7.18. The van der Waals surface area contributed by atoms with Gasteiger partial charge in [-0.2, -0.15) is 0 Å². The van der Waals surface area contributed by atoms with Crippen LogP contribution in [0, 0.1) is 5.41 Å². The van der Waals surface area contributed by atoms with Gasteiger partial charge in [0, 0.05) is 26.1 Å². The number of aliphatic hydroxyl groups is 1. The number of aliphatic carboxylic acids is 1. The zero-order valence-electron chi connectivity index (χ0n) is 11.7. The van der Waals surface area contributed by atoms with E-state index in [0.717, 1.165) is 19.3 Å². The van der Waals surface area contributed by atoms with Crippen LogP contribution in [0.5, 0.6) is 0 Å². The van der Waals surface area contributed by atoms with Crippen molar-refractivity contribution >= 4 is 11.9 Å². The lowest BCUT2D eigenvalue weighted by Crippen LogP contribution is -2.41. The standard InChI is InChI=1S/C14H25NO4/c1-2-15(9-6-10-16)12(17)11-14(13(18)19)7-4-3-5-8-14/h16H,2-11H2,1H3,(H,18,19). The van der Waals surface area contributed by atoms with Crippen LogP contribution in [0.25, 0.3) is 0 Å². The third-order valence-electron chi connectivity index (χ3n) is 4.07. The summed E-state index contributed by atoms with van der Waals surface area (Å²) in [5, 5.41) is 18.3. The van der Waals surface area contributed by atoms with E-state index in [1.165, 1.54) is 0 Å². The molecule has 0 aromatic carbocycles. The molecule has 5 nitrogen and oxygen atoms in total. The summed E-state index contributed by atoms with van der Waals surface area (Å²) in [7, 11) is 0. The number of carboxylic acid groups (broad SMARTS) is 1. The second kappa shape index (κ2) is 7.48. The average molecular weight is 271 g/mol. The lowest BCUT2D eigenvalue weighted by Gasteiger charge is -2.34. The van der Waals surface area contributed by atoms with Crippen LogP contribution < -0.4 is 0 Å². The van der Waals surface area contributed by atoms with E-state index in [1.54, 1.807) is 4.90 Å². The van der Waals surface area contributed by atoms with E-state index in [9.17, 15) is 14.7 Å². The highest BCUT2D eigenvalue weighted by atomic mass is 16.4. The highest BCUT2D eigenvalue weighted by molar-refractivity contribution is 5.85. The van der Waals surface area contributed by atoms with Gasteiger partial charge in [-0.25, -0.2) is 0 Å². The molecule has 1 aliphatic rings. The fourth-order valence-corrected chi connectivity index (χ4v) is 2.82. The lowest BCUT2D eigenvalue weighted by molar-refractivity contribution is -0.156. The molecule has 0 aromatic heterocycles. The first-order chi connectivity index (χ1) is 9.05. The van der Waals surface area contributed by atoms with Crippen LogP contribution in [0.3, 0.4) is 0 Å². The molecule has 5 heteroatoms. The minimum atomic E-state index is -0.859. The maximum Gasteiger partial charge on any atom is 0.310 e. The van der Waals surface area contributed by atoms with Gasteiger partial charge in [0.05, 0.1) is 5.41 Å². The zero-order chi connectivity index (χ0) is 14.3. The Bertz CT molecular complexity index is 311. The molecule has 0 aromatic rings. The Morgan fingerprint density at radius 1 is 1.21 bits per heavy atom. The lowest BCUT2D eigenvalue weighted by atomic mass is 9.71. The molecule has 0 saturated heterocycles. The molecule has 2 N–H and O–H groups in total. The normalized spacial score (nSPS) is 18.0. The van der Waals surface area contributed by atoms with Crippen molar-refractivity contribution in [2.24, 2.45) is 5.41 Å². The number of rotatable bonds is 7. The summed E-state index contributed by atoms with van der Waals surface area (Å²) < 4.78 is 0. The average Bonchev–Trinajstić information content (AvgIpc) is 2.40. The second-order valence-corrected chi connectivity index (χ2v) is 5.37. The van der Waals surface area contributed by atoms with E-state index >= 15 is 0 Å². The highest BCUT2D eigenvalue weighted by Gasteiger charge is 2.42. The monoisotopic (exact) mass is 271 g/mol. The van der Waals surface area contributed by atoms with Crippen molar-refractivity contribution in [1.29, 1.82) is 0 Å². The van der Waals surface area contributed by atoms with Crippen LogP contribution in [0.2, 0.25) is 0 Å². The summed E-state index contributed by atoms with van der Waals surface area (Å²) in [6.45, 7) is 2.99. The number of carbonyl (C=O) groups excluding carboxylic acids is 1. The highest BCUT2D eigenvalue weighted by Crippen LogP contribution is 2.40. The number of aliphatic hydroxyl groups excluding tert-OH is 1. The van der Waals surface area contributed by atoms with Crippen molar-refractivity contribution in [1.82, 2.24) is 4.90 Å². The van der Waals surface area contributed by atoms with Gasteiger partial charge >= 0.3 is 5.97 Å². The smallest absolute Gasteiger partial charge is 0.310 e. The van der Waals surface area contributed by atoms with Gasteiger partial charge in [0.1, 0.15) is 0 Å². The maximum atomic E-state index is 12.2. The molecule has 0 bridgehead atoms. The molecule has 0 spiro atoms. The Hall–Kier alpha value is -1.10. The molecule has 19 heavy (non-hydrogen) atoms. The first kappa shape index (κ1) is 16.0. The summed E-state index contributed by atoms with van der Waals surface area (Å²) in [5.74, 6) is -0.931. The molecular weight excluding hydrogens is 246 g/mol. The number of hydrogen-bond acceptors (Lipinski definition) is 3. The van der Waals surface area contributed by atoms with E-state index in [0.29, 0.717) is 32.4 Å². The summed E-state index contributed by atoms with van der Waals surface area (Å²) in [4.78, 5) is 25.4. The van der Waals surface area contributed by atoms with Crippen LogP contribution >= 0.6 is 0 Å². The minimum absolute atomic E-state index is 0.0495.